The third-order valence-corrected chi connectivity index (χ3v) is 8.95. The number of amides is 1. The highest BCUT2D eigenvalue weighted by molar-refractivity contribution is 6.42. The Hall–Kier alpha value is -1.89. The summed E-state index contributed by atoms with van der Waals surface area (Å²) in [7, 11) is 0. The van der Waals surface area contributed by atoms with Gasteiger partial charge in [-0.2, -0.15) is 0 Å². The maximum absolute atomic E-state index is 14.0. The van der Waals surface area contributed by atoms with E-state index in [1.54, 1.807) is 6.07 Å². The Morgan fingerprint density at radius 1 is 1.06 bits per heavy atom. The van der Waals surface area contributed by atoms with Gasteiger partial charge < -0.3 is 4.90 Å². The molecule has 3 heterocycles. The molecule has 2 N–H and O–H groups in total. The molecule has 2 bridgehead atoms. The van der Waals surface area contributed by atoms with Gasteiger partial charge in [0, 0.05) is 24.7 Å². The lowest BCUT2D eigenvalue weighted by Gasteiger charge is -2.54. The summed E-state index contributed by atoms with van der Waals surface area (Å²) in [5.74, 6) is 0.115. The zero-order valence-electron chi connectivity index (χ0n) is 19.9. The smallest absolute Gasteiger partial charge is 0.251 e. The minimum atomic E-state index is -0.251. The van der Waals surface area contributed by atoms with Gasteiger partial charge in [-0.25, -0.2) is 0 Å². The first-order valence-corrected chi connectivity index (χ1v) is 13.6. The van der Waals surface area contributed by atoms with E-state index in [2.05, 4.69) is 51.9 Å². The lowest BCUT2D eigenvalue weighted by molar-refractivity contribution is -0.129. The van der Waals surface area contributed by atoms with Crippen LogP contribution in [0.15, 0.2) is 60.2 Å². The van der Waals surface area contributed by atoms with Gasteiger partial charge in [0.1, 0.15) is 0 Å². The van der Waals surface area contributed by atoms with Gasteiger partial charge in [-0.05, 0) is 62.4 Å². The maximum atomic E-state index is 14.0. The zero-order chi connectivity index (χ0) is 24.0. The Morgan fingerprint density at radius 2 is 1.83 bits per heavy atom. The van der Waals surface area contributed by atoms with E-state index in [0.29, 0.717) is 16.6 Å². The molecular weight excluding hydrogens is 479 g/mol. The molecule has 1 amide bonds. The van der Waals surface area contributed by atoms with Gasteiger partial charge in [-0.3, -0.25) is 20.3 Å². The third-order valence-electron chi connectivity index (χ3n) is 8.10. The molecule has 4 aliphatic rings. The fraction of sp³-hybridized carbons (Fsp3) is 0.464. The minimum Gasteiger partial charge on any atom is -0.332 e. The Kier molecular flexibility index (Phi) is 6.40. The molecule has 3 unspecified atom stereocenters. The fourth-order valence-corrected chi connectivity index (χ4v) is 6.54. The van der Waals surface area contributed by atoms with Gasteiger partial charge in [0.25, 0.3) is 5.91 Å². The SMILES string of the molecule is O=C(C1=CCC2(c3ccccc3)NC1CNC2N1CCCC1)N(Cc1cccc(Cl)c1Cl)C1CC1. The van der Waals surface area contributed by atoms with E-state index in [9.17, 15) is 4.79 Å². The van der Waals surface area contributed by atoms with Crippen LogP contribution in [0.5, 0.6) is 0 Å². The summed E-state index contributed by atoms with van der Waals surface area (Å²) in [6.07, 6.45) is 7.77. The van der Waals surface area contributed by atoms with Crippen LogP contribution in [-0.2, 0) is 16.9 Å². The standard InChI is InChI=1S/C28H32Cl2N4O/c29-23-10-6-7-19(25(23)30)18-34(21-11-12-21)26(35)22-13-14-28(20-8-2-1-3-9-20)27(31-17-24(22)32-28)33-15-4-5-16-33/h1-3,6-10,13,21,24,27,31-32H,4-5,11-12,14-18H2. The van der Waals surface area contributed by atoms with Crippen LogP contribution >= 0.6 is 23.2 Å². The third kappa shape index (κ3) is 4.32. The van der Waals surface area contributed by atoms with E-state index >= 15 is 0 Å². The first-order chi connectivity index (χ1) is 17.1. The summed E-state index contributed by atoms with van der Waals surface area (Å²) in [4.78, 5) is 18.5. The van der Waals surface area contributed by atoms with Crippen molar-refractivity contribution in [3.63, 3.8) is 0 Å². The number of carbonyl (C=O) groups excluding carboxylic acids is 1. The van der Waals surface area contributed by atoms with E-state index in [4.69, 9.17) is 23.2 Å². The predicted octanol–water partition coefficient (Wildman–Crippen LogP) is 4.69. The molecule has 2 aromatic rings. The molecule has 5 nitrogen and oxygen atoms in total. The van der Waals surface area contributed by atoms with Gasteiger partial charge in [0.05, 0.1) is 27.8 Å². The molecule has 6 rings (SSSR count). The topological polar surface area (TPSA) is 47.6 Å². The molecule has 184 valence electrons. The molecule has 2 saturated heterocycles. The van der Waals surface area contributed by atoms with Crippen molar-refractivity contribution >= 4 is 29.1 Å². The summed E-state index contributed by atoms with van der Waals surface area (Å²) in [5.41, 5.74) is 2.80. The lowest BCUT2D eigenvalue weighted by atomic mass is 9.75. The second-order valence-electron chi connectivity index (χ2n) is 10.3. The number of nitrogens with zero attached hydrogens (tertiary/aromatic N) is 2. The van der Waals surface area contributed by atoms with Crippen LogP contribution in [0.1, 0.15) is 43.2 Å². The number of fused-ring (bicyclic) bond motifs is 2. The van der Waals surface area contributed by atoms with Crippen LogP contribution in [0.25, 0.3) is 0 Å². The van der Waals surface area contributed by atoms with Crippen molar-refractivity contribution in [3.8, 4) is 0 Å². The van der Waals surface area contributed by atoms with E-state index in [-0.39, 0.29) is 29.7 Å². The lowest BCUT2D eigenvalue weighted by Crippen LogP contribution is -2.73. The highest BCUT2D eigenvalue weighted by Crippen LogP contribution is 2.41. The van der Waals surface area contributed by atoms with Crippen LogP contribution in [0.2, 0.25) is 10.0 Å². The molecule has 3 atom stereocenters. The minimum absolute atomic E-state index is 0.0357. The number of halogens is 2. The van der Waals surface area contributed by atoms with Gasteiger partial charge in [0.2, 0.25) is 0 Å². The number of nitrogens with one attached hydrogen (secondary N) is 2. The first kappa shape index (κ1) is 23.5. The molecule has 2 aromatic carbocycles. The van der Waals surface area contributed by atoms with Crippen LogP contribution in [0, 0.1) is 0 Å². The van der Waals surface area contributed by atoms with Crippen molar-refractivity contribution in [2.45, 2.75) is 62.4 Å². The molecule has 1 aliphatic carbocycles. The van der Waals surface area contributed by atoms with Crippen molar-refractivity contribution in [2.24, 2.45) is 0 Å². The number of likely N-dealkylation sites (tertiary alicyclic amines) is 1. The molecule has 1 saturated carbocycles. The fourth-order valence-electron chi connectivity index (χ4n) is 6.16. The summed E-state index contributed by atoms with van der Waals surface area (Å²) in [6.45, 7) is 3.46. The molecular formula is C28H32Cl2N4O. The second kappa shape index (κ2) is 9.53. The number of hydrogen-bond donors (Lipinski definition) is 2. The Labute approximate surface area is 217 Å². The van der Waals surface area contributed by atoms with E-state index in [1.165, 1.54) is 18.4 Å². The Morgan fingerprint density at radius 3 is 2.57 bits per heavy atom. The maximum Gasteiger partial charge on any atom is 0.251 e. The van der Waals surface area contributed by atoms with Crippen LogP contribution in [0.4, 0.5) is 0 Å². The predicted molar refractivity (Wildman–Crippen MR) is 140 cm³/mol. The van der Waals surface area contributed by atoms with Crippen LogP contribution in [0.3, 0.4) is 0 Å². The van der Waals surface area contributed by atoms with Crippen molar-refractivity contribution in [1.82, 2.24) is 20.4 Å². The van der Waals surface area contributed by atoms with Crippen LogP contribution < -0.4 is 10.6 Å². The Bertz CT molecular complexity index is 1130. The molecule has 7 heteroatoms. The van der Waals surface area contributed by atoms with E-state index in [0.717, 1.165) is 50.0 Å². The van der Waals surface area contributed by atoms with Crippen LogP contribution in [-0.4, -0.2) is 53.6 Å². The molecule has 35 heavy (non-hydrogen) atoms. The summed E-state index contributed by atoms with van der Waals surface area (Å²) >= 11 is 12.8. The molecule has 0 radical (unpaired) electrons. The normalized spacial score (nSPS) is 28.6. The average molecular weight is 511 g/mol. The summed E-state index contributed by atoms with van der Waals surface area (Å²) in [6, 6.07) is 16.6. The van der Waals surface area contributed by atoms with Gasteiger partial charge in [-0.1, -0.05) is 71.7 Å². The van der Waals surface area contributed by atoms with E-state index < -0.39 is 0 Å². The summed E-state index contributed by atoms with van der Waals surface area (Å²) < 4.78 is 0. The monoisotopic (exact) mass is 510 g/mol. The highest BCUT2D eigenvalue weighted by Gasteiger charge is 2.51. The molecule has 0 aromatic heterocycles. The number of carbonyl (C=O) groups is 1. The van der Waals surface area contributed by atoms with Crippen molar-refractivity contribution < 1.29 is 4.79 Å². The quantitative estimate of drug-likeness (QED) is 0.591. The Balaban J connectivity index is 1.31. The largest absolute Gasteiger partial charge is 0.332 e. The second-order valence-corrected chi connectivity index (χ2v) is 11.1. The van der Waals surface area contributed by atoms with Gasteiger partial charge in [-0.15, -0.1) is 0 Å². The number of piperazine rings is 1. The number of benzene rings is 2. The zero-order valence-corrected chi connectivity index (χ0v) is 21.4. The average Bonchev–Trinajstić information content (AvgIpc) is 3.58. The highest BCUT2D eigenvalue weighted by atomic mass is 35.5. The summed E-state index contributed by atoms with van der Waals surface area (Å²) in [5, 5.41) is 8.89. The van der Waals surface area contributed by atoms with Gasteiger partial charge in [0.15, 0.2) is 0 Å². The molecule has 0 spiro atoms. The number of rotatable bonds is 6. The van der Waals surface area contributed by atoms with Crippen molar-refractivity contribution in [3.05, 3.63) is 81.4 Å². The van der Waals surface area contributed by atoms with Gasteiger partial charge >= 0.3 is 0 Å². The van der Waals surface area contributed by atoms with E-state index in [1.807, 2.05) is 17.0 Å². The molecule has 3 aliphatic heterocycles. The van der Waals surface area contributed by atoms with Crippen molar-refractivity contribution in [1.29, 1.82) is 0 Å². The molecule has 3 fully saturated rings. The number of hydrogen-bond acceptors (Lipinski definition) is 4. The van der Waals surface area contributed by atoms with Crippen molar-refractivity contribution in [2.75, 3.05) is 19.6 Å². The first-order valence-electron chi connectivity index (χ1n) is 12.8.